The van der Waals surface area contributed by atoms with Crippen LogP contribution in [-0.2, 0) is 13.1 Å². The van der Waals surface area contributed by atoms with Gasteiger partial charge in [-0.2, -0.15) is 4.98 Å². The van der Waals surface area contributed by atoms with Crippen LogP contribution in [0, 0.1) is 0 Å². The molecule has 0 unspecified atom stereocenters. The summed E-state index contributed by atoms with van der Waals surface area (Å²) in [7, 11) is 5.24. The van der Waals surface area contributed by atoms with Crippen molar-refractivity contribution in [1.29, 1.82) is 0 Å². The van der Waals surface area contributed by atoms with E-state index in [9.17, 15) is 0 Å². The van der Waals surface area contributed by atoms with E-state index in [-0.39, 0.29) is 0 Å². The molecule has 6 nitrogen and oxygen atoms in total. The number of aromatic nitrogens is 2. The van der Waals surface area contributed by atoms with E-state index in [1.54, 1.807) is 31.6 Å². The largest absolute Gasteiger partial charge is 0.497 e. The van der Waals surface area contributed by atoms with Crippen molar-refractivity contribution >= 4 is 27.3 Å². The average Bonchev–Trinajstić information content (AvgIpc) is 3.23. The molecule has 0 amide bonds. The van der Waals surface area contributed by atoms with Crippen LogP contribution in [0.1, 0.15) is 10.8 Å². The SMILES string of the molecule is COc1ccc(-c2noc(CN(C)Cc3ccc(Br)s3)n2)c(OC)c1. The first-order valence-electron chi connectivity index (χ1n) is 7.56. The molecule has 2 heterocycles. The number of hydrogen-bond acceptors (Lipinski definition) is 7. The van der Waals surface area contributed by atoms with Gasteiger partial charge in [-0.05, 0) is 47.2 Å². The van der Waals surface area contributed by atoms with Gasteiger partial charge in [-0.25, -0.2) is 0 Å². The Morgan fingerprint density at radius 3 is 2.68 bits per heavy atom. The van der Waals surface area contributed by atoms with E-state index in [1.807, 2.05) is 19.2 Å². The number of benzene rings is 1. The van der Waals surface area contributed by atoms with Crippen LogP contribution < -0.4 is 9.47 Å². The lowest BCUT2D eigenvalue weighted by molar-refractivity contribution is 0.262. The van der Waals surface area contributed by atoms with Crippen molar-refractivity contribution in [3.05, 3.63) is 44.9 Å². The molecule has 25 heavy (non-hydrogen) atoms. The molecule has 0 spiro atoms. The first-order chi connectivity index (χ1) is 12.1. The highest BCUT2D eigenvalue weighted by Gasteiger charge is 2.15. The van der Waals surface area contributed by atoms with Gasteiger partial charge in [0, 0.05) is 17.5 Å². The molecule has 0 N–H and O–H groups in total. The zero-order chi connectivity index (χ0) is 17.8. The van der Waals surface area contributed by atoms with Gasteiger partial charge in [0.25, 0.3) is 0 Å². The van der Waals surface area contributed by atoms with Crippen LogP contribution in [0.4, 0.5) is 0 Å². The van der Waals surface area contributed by atoms with Crippen molar-refractivity contribution in [2.45, 2.75) is 13.1 Å². The quantitative estimate of drug-likeness (QED) is 0.567. The zero-order valence-electron chi connectivity index (χ0n) is 14.2. The molecule has 2 aromatic heterocycles. The lowest BCUT2D eigenvalue weighted by Crippen LogP contribution is -2.16. The molecule has 8 heteroatoms. The Balaban J connectivity index is 1.72. The number of thiophene rings is 1. The second-order valence-corrected chi connectivity index (χ2v) is 8.00. The second-order valence-electron chi connectivity index (χ2n) is 5.46. The van der Waals surface area contributed by atoms with Gasteiger partial charge < -0.3 is 14.0 Å². The minimum atomic E-state index is 0.502. The summed E-state index contributed by atoms with van der Waals surface area (Å²) in [5.41, 5.74) is 0.767. The summed E-state index contributed by atoms with van der Waals surface area (Å²) in [6, 6.07) is 9.65. The standard InChI is InChI=1S/C17H18BrN3O3S/c1-21(9-12-5-7-15(18)25-12)10-16-19-17(20-24-16)13-6-4-11(22-2)8-14(13)23-3/h4-8H,9-10H2,1-3H3. The summed E-state index contributed by atoms with van der Waals surface area (Å²) >= 11 is 5.20. The van der Waals surface area contributed by atoms with Gasteiger partial charge in [-0.3, -0.25) is 4.90 Å². The van der Waals surface area contributed by atoms with Crippen LogP contribution in [0.5, 0.6) is 11.5 Å². The van der Waals surface area contributed by atoms with Gasteiger partial charge in [-0.1, -0.05) is 5.16 Å². The van der Waals surface area contributed by atoms with Crippen LogP contribution in [-0.4, -0.2) is 36.3 Å². The molecule has 0 fully saturated rings. The Kier molecular flexibility index (Phi) is 5.72. The van der Waals surface area contributed by atoms with Crippen molar-refractivity contribution in [2.75, 3.05) is 21.3 Å². The highest BCUT2D eigenvalue weighted by molar-refractivity contribution is 9.11. The molecule has 0 saturated heterocycles. The van der Waals surface area contributed by atoms with E-state index in [4.69, 9.17) is 14.0 Å². The molecule has 0 atom stereocenters. The topological polar surface area (TPSA) is 60.6 Å². The predicted molar refractivity (Wildman–Crippen MR) is 100 cm³/mol. The van der Waals surface area contributed by atoms with Crippen molar-refractivity contribution in [3.8, 4) is 22.9 Å². The van der Waals surface area contributed by atoms with E-state index in [0.717, 1.165) is 15.9 Å². The third-order valence-corrected chi connectivity index (χ3v) is 5.19. The molecule has 3 rings (SSSR count). The fraction of sp³-hybridized carbons (Fsp3) is 0.294. The molecule has 132 valence electrons. The number of hydrogen-bond donors (Lipinski definition) is 0. The molecule has 3 aromatic rings. The Morgan fingerprint density at radius 1 is 1.16 bits per heavy atom. The van der Waals surface area contributed by atoms with E-state index in [2.05, 4.69) is 43.1 Å². The number of halogens is 1. The lowest BCUT2D eigenvalue weighted by Gasteiger charge is -2.12. The Morgan fingerprint density at radius 2 is 2.00 bits per heavy atom. The Labute approximate surface area is 158 Å². The summed E-state index contributed by atoms with van der Waals surface area (Å²) in [6.45, 7) is 1.39. The summed E-state index contributed by atoms with van der Waals surface area (Å²) in [5.74, 6) is 2.42. The van der Waals surface area contributed by atoms with Crippen LogP contribution in [0.3, 0.4) is 0 Å². The number of methoxy groups -OCH3 is 2. The summed E-state index contributed by atoms with van der Waals surface area (Å²) < 4.78 is 17.1. The maximum Gasteiger partial charge on any atom is 0.241 e. The molecule has 0 radical (unpaired) electrons. The number of ether oxygens (including phenoxy) is 2. The van der Waals surface area contributed by atoms with Gasteiger partial charge in [-0.15, -0.1) is 11.3 Å². The van der Waals surface area contributed by atoms with Crippen molar-refractivity contribution < 1.29 is 14.0 Å². The van der Waals surface area contributed by atoms with Crippen molar-refractivity contribution in [3.63, 3.8) is 0 Å². The highest BCUT2D eigenvalue weighted by Crippen LogP contribution is 2.31. The number of nitrogens with zero attached hydrogens (tertiary/aromatic N) is 3. The van der Waals surface area contributed by atoms with Gasteiger partial charge in [0.1, 0.15) is 11.5 Å². The van der Waals surface area contributed by atoms with Crippen molar-refractivity contribution in [1.82, 2.24) is 15.0 Å². The molecule has 0 saturated carbocycles. The van der Waals surface area contributed by atoms with E-state index in [1.165, 1.54) is 4.88 Å². The lowest BCUT2D eigenvalue weighted by atomic mass is 10.2. The average molecular weight is 424 g/mol. The molecular weight excluding hydrogens is 406 g/mol. The Hall–Kier alpha value is -1.90. The van der Waals surface area contributed by atoms with Gasteiger partial charge in [0.05, 0.1) is 30.1 Å². The fourth-order valence-electron chi connectivity index (χ4n) is 2.40. The van der Waals surface area contributed by atoms with Crippen molar-refractivity contribution in [2.24, 2.45) is 0 Å². The van der Waals surface area contributed by atoms with Crippen LogP contribution >= 0.6 is 27.3 Å². The number of rotatable bonds is 7. The molecule has 0 aliphatic rings. The summed E-state index contributed by atoms with van der Waals surface area (Å²) in [6.07, 6.45) is 0. The molecule has 0 bridgehead atoms. The van der Waals surface area contributed by atoms with Crippen LogP contribution in [0.2, 0.25) is 0 Å². The highest BCUT2D eigenvalue weighted by atomic mass is 79.9. The minimum Gasteiger partial charge on any atom is -0.497 e. The van der Waals surface area contributed by atoms with E-state index < -0.39 is 0 Å². The van der Waals surface area contributed by atoms with Gasteiger partial charge >= 0.3 is 0 Å². The zero-order valence-corrected chi connectivity index (χ0v) is 16.6. The maximum atomic E-state index is 5.40. The fourth-order valence-corrected chi connectivity index (χ4v) is 3.96. The first kappa shape index (κ1) is 17.9. The maximum absolute atomic E-state index is 5.40. The van der Waals surface area contributed by atoms with Gasteiger partial charge in [0.15, 0.2) is 0 Å². The molecular formula is C17H18BrN3O3S. The first-order valence-corrected chi connectivity index (χ1v) is 9.17. The minimum absolute atomic E-state index is 0.502. The smallest absolute Gasteiger partial charge is 0.241 e. The van der Waals surface area contributed by atoms with Crippen LogP contribution in [0.25, 0.3) is 11.4 Å². The van der Waals surface area contributed by atoms with E-state index >= 15 is 0 Å². The molecule has 1 aromatic carbocycles. The predicted octanol–water partition coefficient (Wildman–Crippen LogP) is 4.21. The third-order valence-electron chi connectivity index (χ3n) is 3.58. The Bertz CT molecular complexity index is 849. The monoisotopic (exact) mass is 423 g/mol. The second kappa shape index (κ2) is 7.99. The normalized spacial score (nSPS) is 11.1. The molecule has 0 aliphatic heterocycles. The van der Waals surface area contributed by atoms with Gasteiger partial charge in [0.2, 0.25) is 11.7 Å². The van der Waals surface area contributed by atoms with E-state index in [0.29, 0.717) is 29.8 Å². The van der Waals surface area contributed by atoms with Crippen LogP contribution in [0.15, 0.2) is 38.6 Å². The molecule has 0 aliphatic carbocycles. The summed E-state index contributed by atoms with van der Waals surface area (Å²) in [4.78, 5) is 7.88. The third kappa shape index (κ3) is 4.39. The summed E-state index contributed by atoms with van der Waals surface area (Å²) in [5, 5.41) is 4.08.